The van der Waals surface area contributed by atoms with Crippen LogP contribution in [0.15, 0.2) is 0 Å². The van der Waals surface area contributed by atoms with Crippen molar-refractivity contribution >= 4 is 68.1 Å². The Hall–Kier alpha value is -0.980. The number of nitrogens with zero attached hydrogens (tertiary/aromatic N) is 4. The average molecular weight is 579 g/mol. The molecule has 12 heteroatoms. The highest BCUT2D eigenvalue weighted by molar-refractivity contribution is 7.88. The zero-order valence-electron chi connectivity index (χ0n) is 22.5. The Morgan fingerprint density at radius 1 is 0.694 bits per heavy atom. The van der Waals surface area contributed by atoms with Crippen LogP contribution < -0.4 is 0 Å². The van der Waals surface area contributed by atoms with E-state index in [-0.39, 0.29) is 22.9 Å². The Labute approximate surface area is 232 Å². The van der Waals surface area contributed by atoms with Gasteiger partial charge in [-0.25, -0.2) is 9.59 Å². The monoisotopic (exact) mass is 578 g/mol. The number of amides is 4. The Bertz CT molecular complexity index is 837. The SMILES string of the molecule is CCN1CC(=S)N(CC(C)(C)CCS(=O)CCS(=O)CCC(C)(C)CN2C(=O)N(CC)CC2=S)C1=O. The highest BCUT2D eigenvalue weighted by Gasteiger charge is 2.37. The predicted octanol–water partition coefficient (Wildman–Crippen LogP) is 3.49. The molecule has 2 fully saturated rings. The van der Waals surface area contributed by atoms with Crippen molar-refractivity contribution < 1.29 is 18.0 Å². The third kappa shape index (κ3) is 8.80. The molecule has 0 saturated carbocycles. The van der Waals surface area contributed by atoms with Gasteiger partial charge in [0.15, 0.2) is 0 Å². The second kappa shape index (κ2) is 13.2. The number of carbonyl (C=O) groups is 2. The van der Waals surface area contributed by atoms with E-state index in [1.165, 1.54) is 0 Å². The van der Waals surface area contributed by atoms with Crippen LogP contribution in [-0.2, 0) is 21.6 Å². The minimum Gasteiger partial charge on any atom is -0.318 e. The average Bonchev–Trinajstić information content (AvgIpc) is 3.23. The topological polar surface area (TPSA) is 81.2 Å². The lowest BCUT2D eigenvalue weighted by Gasteiger charge is -2.30. The molecule has 2 aliphatic heterocycles. The largest absolute Gasteiger partial charge is 0.325 e. The first kappa shape index (κ1) is 31.2. The molecule has 0 radical (unpaired) electrons. The summed E-state index contributed by atoms with van der Waals surface area (Å²) in [6.45, 7) is 15.4. The van der Waals surface area contributed by atoms with Crippen LogP contribution >= 0.6 is 24.4 Å². The first-order valence-electron chi connectivity index (χ1n) is 12.6. The van der Waals surface area contributed by atoms with Gasteiger partial charge in [0.1, 0.15) is 9.98 Å². The predicted molar refractivity (Wildman–Crippen MR) is 156 cm³/mol. The van der Waals surface area contributed by atoms with Crippen molar-refractivity contribution in [3.8, 4) is 0 Å². The van der Waals surface area contributed by atoms with Crippen LogP contribution in [0, 0.1) is 10.8 Å². The van der Waals surface area contributed by atoms with Crippen LogP contribution in [0.2, 0.25) is 0 Å². The fourth-order valence-electron chi connectivity index (χ4n) is 4.18. The molecule has 2 heterocycles. The van der Waals surface area contributed by atoms with Gasteiger partial charge in [0.25, 0.3) is 0 Å². The smallest absolute Gasteiger partial charge is 0.318 e. The minimum absolute atomic E-state index is 0.0476. The van der Waals surface area contributed by atoms with Crippen LogP contribution in [0.5, 0.6) is 0 Å². The van der Waals surface area contributed by atoms with E-state index in [9.17, 15) is 18.0 Å². The summed E-state index contributed by atoms with van der Waals surface area (Å²) in [6.07, 6.45) is 1.38. The van der Waals surface area contributed by atoms with Gasteiger partial charge in [0.05, 0.1) is 13.1 Å². The van der Waals surface area contributed by atoms with Gasteiger partial charge in [0, 0.05) is 70.8 Å². The molecule has 2 atom stereocenters. The molecule has 0 aromatic carbocycles. The highest BCUT2D eigenvalue weighted by atomic mass is 32.2. The second-order valence-corrected chi connectivity index (χ2v) is 15.4. The summed E-state index contributed by atoms with van der Waals surface area (Å²) in [5.74, 6) is 1.80. The molecule has 0 N–H and O–H groups in total. The Morgan fingerprint density at radius 2 is 1.03 bits per heavy atom. The summed E-state index contributed by atoms with van der Waals surface area (Å²) < 4.78 is 25.2. The fourth-order valence-corrected chi connectivity index (χ4v) is 8.23. The van der Waals surface area contributed by atoms with Crippen molar-refractivity contribution in [3.63, 3.8) is 0 Å². The number of hydrogen-bond acceptors (Lipinski definition) is 6. The van der Waals surface area contributed by atoms with Gasteiger partial charge < -0.3 is 9.80 Å². The van der Waals surface area contributed by atoms with Crippen molar-refractivity contribution in [2.75, 3.05) is 62.3 Å². The lowest BCUT2D eigenvalue weighted by Crippen LogP contribution is -2.40. The van der Waals surface area contributed by atoms with E-state index in [4.69, 9.17) is 24.4 Å². The second-order valence-electron chi connectivity index (χ2n) is 11.1. The molecule has 2 rings (SSSR count). The van der Waals surface area contributed by atoms with Gasteiger partial charge in [0.2, 0.25) is 0 Å². The van der Waals surface area contributed by atoms with Gasteiger partial charge in [-0.2, -0.15) is 0 Å². The van der Waals surface area contributed by atoms with Crippen LogP contribution in [-0.4, -0.2) is 112 Å². The van der Waals surface area contributed by atoms with E-state index >= 15 is 0 Å². The van der Waals surface area contributed by atoms with Crippen molar-refractivity contribution in [1.29, 1.82) is 0 Å². The van der Waals surface area contributed by atoms with Gasteiger partial charge in [-0.1, -0.05) is 52.1 Å². The van der Waals surface area contributed by atoms with Gasteiger partial charge >= 0.3 is 12.1 Å². The minimum atomic E-state index is -1.07. The van der Waals surface area contributed by atoms with Gasteiger partial charge in [-0.15, -0.1) is 0 Å². The molecular weight excluding hydrogens is 537 g/mol. The van der Waals surface area contributed by atoms with Gasteiger partial charge in [-0.3, -0.25) is 18.2 Å². The first-order valence-corrected chi connectivity index (χ1v) is 16.4. The molecule has 206 valence electrons. The number of hydrogen-bond donors (Lipinski definition) is 0. The lowest BCUT2D eigenvalue weighted by atomic mass is 9.89. The number of urea groups is 2. The normalized spacial score (nSPS) is 19.2. The van der Waals surface area contributed by atoms with Crippen molar-refractivity contribution in [2.24, 2.45) is 10.8 Å². The first-order chi connectivity index (χ1) is 16.7. The third-order valence-corrected chi connectivity index (χ3v) is 10.3. The molecule has 0 aromatic heterocycles. The highest BCUT2D eigenvalue weighted by Crippen LogP contribution is 2.27. The summed E-state index contributed by atoms with van der Waals surface area (Å²) in [6, 6.07) is -0.0951. The van der Waals surface area contributed by atoms with E-state index in [2.05, 4.69) is 27.7 Å². The summed E-state index contributed by atoms with van der Waals surface area (Å²) >= 11 is 10.8. The standard InChI is InChI=1S/C24H42N4O4S4/c1-7-25-15-19(33)27(21(25)29)17-23(3,4)9-11-35(31)13-14-36(32)12-10-24(5,6)18-28-20(34)16-26(8-2)22(28)30/h7-18H2,1-6H3. The summed E-state index contributed by atoms with van der Waals surface area (Å²) in [5.41, 5.74) is -0.438. The van der Waals surface area contributed by atoms with Crippen LogP contribution in [0.3, 0.4) is 0 Å². The van der Waals surface area contributed by atoms with E-state index in [1.807, 2.05) is 13.8 Å². The Balaban J connectivity index is 1.72. The van der Waals surface area contributed by atoms with E-state index in [1.54, 1.807) is 19.6 Å². The molecule has 2 saturated heterocycles. The quantitative estimate of drug-likeness (QED) is 0.277. The molecule has 0 aliphatic carbocycles. The molecule has 36 heavy (non-hydrogen) atoms. The van der Waals surface area contributed by atoms with E-state index in [0.29, 0.717) is 85.1 Å². The van der Waals surface area contributed by atoms with Crippen LogP contribution in [0.4, 0.5) is 9.59 Å². The van der Waals surface area contributed by atoms with Crippen molar-refractivity contribution in [2.45, 2.75) is 54.4 Å². The summed E-state index contributed by atoms with van der Waals surface area (Å²) in [7, 11) is -2.15. The van der Waals surface area contributed by atoms with Crippen LogP contribution in [0.25, 0.3) is 0 Å². The fraction of sp³-hybridized carbons (Fsp3) is 0.833. The maximum Gasteiger partial charge on any atom is 0.325 e. The van der Waals surface area contributed by atoms with E-state index in [0.717, 1.165) is 0 Å². The van der Waals surface area contributed by atoms with Crippen molar-refractivity contribution in [1.82, 2.24) is 19.6 Å². The number of likely N-dealkylation sites (N-methyl/N-ethyl adjacent to an activating group) is 2. The summed E-state index contributed by atoms with van der Waals surface area (Å²) in [4.78, 5) is 33.0. The molecule has 4 amide bonds. The maximum atomic E-state index is 12.6. The lowest BCUT2D eigenvalue weighted by molar-refractivity contribution is 0.182. The number of thiocarbonyl (C=S) groups is 2. The molecule has 2 unspecified atom stereocenters. The zero-order chi connectivity index (χ0) is 27.3. The third-order valence-electron chi connectivity index (χ3n) is 6.74. The Kier molecular flexibility index (Phi) is 11.4. The molecular formula is C24H42N4O4S4. The Morgan fingerprint density at radius 3 is 1.31 bits per heavy atom. The van der Waals surface area contributed by atoms with E-state index < -0.39 is 21.6 Å². The molecule has 8 nitrogen and oxygen atoms in total. The zero-order valence-corrected chi connectivity index (χ0v) is 25.8. The number of rotatable bonds is 15. The van der Waals surface area contributed by atoms with Gasteiger partial charge in [-0.05, 0) is 37.5 Å². The van der Waals surface area contributed by atoms with Crippen molar-refractivity contribution in [3.05, 3.63) is 0 Å². The summed E-state index contributed by atoms with van der Waals surface area (Å²) in [5, 5.41) is 0. The maximum absolute atomic E-state index is 12.6. The number of carbonyl (C=O) groups excluding carboxylic acids is 2. The molecule has 0 aromatic rings. The molecule has 0 bridgehead atoms. The molecule has 2 aliphatic rings. The van der Waals surface area contributed by atoms with Crippen LogP contribution in [0.1, 0.15) is 54.4 Å². The molecule has 0 spiro atoms.